The molecule has 0 saturated heterocycles. The summed E-state index contributed by atoms with van der Waals surface area (Å²) in [6.07, 6.45) is 3.93. The van der Waals surface area contributed by atoms with E-state index in [1.807, 2.05) is 13.8 Å². The minimum Gasteiger partial charge on any atom is -0.300 e. The molecule has 0 aromatic carbocycles. The van der Waals surface area contributed by atoms with Gasteiger partial charge in [-0.25, -0.2) is 0 Å². The lowest BCUT2D eigenvalue weighted by Gasteiger charge is -2.09. The summed E-state index contributed by atoms with van der Waals surface area (Å²) < 4.78 is 0. The van der Waals surface area contributed by atoms with Crippen LogP contribution in [0.4, 0.5) is 0 Å². The molecule has 0 heterocycles. The first kappa shape index (κ1) is 42.8. The molecule has 0 saturated carbocycles. The van der Waals surface area contributed by atoms with Crippen molar-refractivity contribution in [3.05, 3.63) is 236 Å². The number of Topliss-reactive ketones (excluding diaryl/α,β-unsaturated/α-hetero) is 1. The molecular formula is C51H22O. The second-order valence-electron chi connectivity index (χ2n) is 8.84. The molecule has 0 amide bonds. The second-order valence-corrected chi connectivity index (χ2v) is 8.84. The lowest BCUT2D eigenvalue weighted by molar-refractivity contribution is -0.119. The summed E-state index contributed by atoms with van der Waals surface area (Å²) in [5, 5.41) is 0. The molecular weight excluding hydrogens is 629 g/mol. The average Bonchev–Trinajstić information content (AvgIpc) is 3.13. The first-order valence-electron chi connectivity index (χ1n) is 15.0. The van der Waals surface area contributed by atoms with Crippen LogP contribution in [0.3, 0.4) is 0 Å². The summed E-state index contributed by atoms with van der Waals surface area (Å²) in [6.45, 7) is 9.43. The topological polar surface area (TPSA) is 17.1 Å². The Labute approximate surface area is 304 Å². The molecule has 0 fully saturated rings. The van der Waals surface area contributed by atoms with Gasteiger partial charge in [0.2, 0.25) is 0 Å². The highest BCUT2D eigenvalue weighted by molar-refractivity contribution is 5.78. The van der Waals surface area contributed by atoms with Gasteiger partial charge in [0.1, 0.15) is 5.78 Å². The Morgan fingerprint density at radius 2 is 0.673 bits per heavy atom. The summed E-state index contributed by atoms with van der Waals surface area (Å²) in [5.41, 5.74) is 99.9. The van der Waals surface area contributed by atoms with Gasteiger partial charge in [0.15, 0.2) is 0 Å². The van der Waals surface area contributed by atoms with E-state index in [4.69, 9.17) is 0 Å². The summed E-state index contributed by atoms with van der Waals surface area (Å²) >= 11 is 0. The zero-order chi connectivity index (χ0) is 37.8. The van der Waals surface area contributed by atoms with Crippen LogP contribution in [0.5, 0.6) is 0 Å². The van der Waals surface area contributed by atoms with Crippen LogP contribution in [0.15, 0.2) is 236 Å². The standard InChI is InChI=1S/C51H22O/c1-5-7-8-9-10-11-12-13-14-15-16-17-18-19-20-21-22-23-24-25-26-27-28-29-30-31-32-33-34-35-36-37-38-39-40-41-42-43-45-49(3)48-50(4)46-47-51(52)44-6-2/h50H,1,6,44,46-48H2,2-4H3/t50-/m0/s1. The van der Waals surface area contributed by atoms with Crippen LogP contribution in [0.2, 0.25) is 0 Å². The van der Waals surface area contributed by atoms with E-state index in [9.17, 15) is 4.79 Å². The lowest BCUT2D eigenvalue weighted by Crippen LogP contribution is -2.02. The quantitative estimate of drug-likeness (QED) is 0.251. The highest BCUT2D eigenvalue weighted by Gasteiger charge is 2.06. The fraction of sp³-hybridized carbons (Fsp3) is 0.176. The van der Waals surface area contributed by atoms with Gasteiger partial charge in [-0.05, 0) is 136 Å². The van der Waals surface area contributed by atoms with E-state index < -0.39 is 0 Å². The molecule has 0 aliphatic carbocycles. The first-order chi connectivity index (χ1) is 25.6. The third kappa shape index (κ3) is 35.3. The molecule has 0 spiro atoms. The van der Waals surface area contributed by atoms with E-state index in [1.165, 1.54) is 0 Å². The van der Waals surface area contributed by atoms with Crippen molar-refractivity contribution in [2.75, 3.05) is 0 Å². The van der Waals surface area contributed by atoms with Crippen LogP contribution < -0.4 is 0 Å². The Balaban J connectivity index is 5.85. The minimum absolute atomic E-state index is 0.330. The molecule has 1 atom stereocenters. The highest BCUT2D eigenvalue weighted by Crippen LogP contribution is 2.16. The van der Waals surface area contributed by atoms with Gasteiger partial charge in [0.05, 0.1) is 0 Å². The van der Waals surface area contributed by atoms with Gasteiger partial charge in [-0.15, -0.1) is 0 Å². The van der Waals surface area contributed by atoms with E-state index in [2.05, 4.69) is 237 Å². The van der Waals surface area contributed by atoms with E-state index in [-0.39, 0.29) is 0 Å². The first-order valence-corrected chi connectivity index (χ1v) is 15.0. The van der Waals surface area contributed by atoms with Gasteiger partial charge < -0.3 is 0 Å². The molecule has 0 aliphatic rings. The number of hydrogen-bond acceptors (Lipinski definition) is 1. The van der Waals surface area contributed by atoms with E-state index in [1.54, 1.807) is 0 Å². The Bertz CT molecular complexity index is 3020. The molecule has 0 rings (SSSR count). The largest absolute Gasteiger partial charge is 0.300 e. The maximum Gasteiger partial charge on any atom is 0.132 e. The lowest BCUT2D eigenvalue weighted by atomic mass is 9.96. The van der Waals surface area contributed by atoms with Gasteiger partial charge in [-0.1, -0.05) is 25.3 Å². The minimum atomic E-state index is 0.330. The number of carbonyl (C=O) groups excluding carboxylic acids is 1. The van der Waals surface area contributed by atoms with Crippen LogP contribution in [0.1, 0.15) is 52.9 Å². The Kier molecular flexibility index (Phi) is 29.9. The monoisotopic (exact) mass is 650 g/mol. The molecule has 1 nitrogen and oxygen atoms in total. The van der Waals surface area contributed by atoms with Gasteiger partial charge in [0, 0.05) is 133 Å². The smallest absolute Gasteiger partial charge is 0.132 e. The molecule has 0 aliphatic heterocycles. The van der Waals surface area contributed by atoms with Crippen molar-refractivity contribution >= 4 is 5.78 Å². The van der Waals surface area contributed by atoms with Crippen molar-refractivity contribution < 1.29 is 4.79 Å². The Morgan fingerprint density at radius 1 is 0.423 bits per heavy atom. The molecule has 0 unspecified atom stereocenters. The van der Waals surface area contributed by atoms with Crippen molar-refractivity contribution in [3.63, 3.8) is 0 Å². The molecule has 0 N–H and O–H groups in total. The number of hydrogen-bond donors (Lipinski definition) is 0. The van der Waals surface area contributed by atoms with Gasteiger partial charge >= 0.3 is 0 Å². The van der Waals surface area contributed by atoms with Crippen LogP contribution in [0.25, 0.3) is 0 Å². The molecule has 232 valence electrons. The predicted octanol–water partition coefficient (Wildman–Crippen LogP) is 9.79. The van der Waals surface area contributed by atoms with Gasteiger partial charge in [-0.3, -0.25) is 4.79 Å². The number of ketones is 1. The van der Waals surface area contributed by atoms with E-state index in [0.29, 0.717) is 24.5 Å². The van der Waals surface area contributed by atoms with E-state index >= 15 is 0 Å². The van der Waals surface area contributed by atoms with E-state index in [0.717, 1.165) is 24.8 Å². The summed E-state index contributed by atoms with van der Waals surface area (Å²) in [4.78, 5) is 11.7. The number of rotatable bonds is 7. The number of carbonyl (C=O) groups is 1. The van der Waals surface area contributed by atoms with Crippen LogP contribution >= 0.6 is 0 Å². The Morgan fingerprint density at radius 3 is 0.923 bits per heavy atom. The number of allylic oxidation sites excluding steroid dienone is 1. The molecule has 0 radical (unpaired) electrons. The summed E-state index contributed by atoms with van der Waals surface area (Å²) in [6, 6.07) is 0. The zero-order valence-corrected chi connectivity index (χ0v) is 28.7. The zero-order valence-electron chi connectivity index (χ0n) is 28.7. The highest BCUT2D eigenvalue weighted by atomic mass is 16.1. The van der Waals surface area contributed by atoms with Crippen LogP contribution in [-0.4, -0.2) is 5.78 Å². The molecule has 0 aromatic rings. The molecule has 0 bridgehead atoms. The fourth-order valence-electron chi connectivity index (χ4n) is 2.76. The SMILES string of the molecule is C=C=C=C=C=C=C=C=C=C=C=C=C=C=C=C=C=C=C=C=C=C=C=C=C=C=C=C=C=C=C=C=C=C=C=C=C=C=C=C=C(C)C[C@@H](C)CCC(=O)CCC. The van der Waals surface area contributed by atoms with Crippen molar-refractivity contribution in [2.24, 2.45) is 5.92 Å². The van der Waals surface area contributed by atoms with Gasteiger partial charge in [0.25, 0.3) is 0 Å². The van der Waals surface area contributed by atoms with Crippen molar-refractivity contribution in [3.8, 4) is 0 Å². The van der Waals surface area contributed by atoms with Gasteiger partial charge in [-0.2, -0.15) is 0 Å². The molecule has 1 heteroatoms. The van der Waals surface area contributed by atoms with Crippen molar-refractivity contribution in [1.29, 1.82) is 0 Å². The van der Waals surface area contributed by atoms with Crippen molar-refractivity contribution in [2.45, 2.75) is 52.9 Å². The molecule has 52 heavy (non-hydrogen) atoms. The Hall–Kier alpha value is -9.17. The van der Waals surface area contributed by atoms with Crippen molar-refractivity contribution in [1.82, 2.24) is 0 Å². The third-order valence-electron chi connectivity index (χ3n) is 4.71. The summed E-state index contributed by atoms with van der Waals surface area (Å²) in [7, 11) is 0. The molecule has 0 aromatic heterocycles. The average molecular weight is 651 g/mol. The second kappa shape index (κ2) is 36.3. The predicted molar refractivity (Wildman–Crippen MR) is 195 cm³/mol. The fourth-order valence-corrected chi connectivity index (χ4v) is 2.76. The maximum absolute atomic E-state index is 11.7. The third-order valence-corrected chi connectivity index (χ3v) is 4.71. The normalized spacial score (nSPS) is 6.13. The van der Waals surface area contributed by atoms with Crippen LogP contribution in [0, 0.1) is 5.92 Å². The summed E-state index contributed by atoms with van der Waals surface area (Å²) in [5.74, 6) is 0.739. The maximum atomic E-state index is 11.7. The van der Waals surface area contributed by atoms with Crippen LogP contribution in [-0.2, 0) is 4.79 Å².